The van der Waals surface area contributed by atoms with Crippen molar-refractivity contribution >= 4 is 22.4 Å². The number of nitrogens with zero attached hydrogens (tertiary/aromatic N) is 1. The van der Waals surface area contributed by atoms with Gasteiger partial charge in [0.1, 0.15) is 0 Å². The number of alkyl halides is 3. The van der Waals surface area contributed by atoms with Gasteiger partial charge in [-0.15, -0.1) is 0 Å². The van der Waals surface area contributed by atoms with Gasteiger partial charge in [0.2, 0.25) is 0 Å². The van der Waals surface area contributed by atoms with Crippen LogP contribution in [0.5, 0.6) is 0 Å². The fourth-order valence-electron chi connectivity index (χ4n) is 3.26. The molecule has 1 atom stereocenters. The average Bonchev–Trinajstić information content (AvgIpc) is 2.64. The number of aromatic nitrogens is 1. The zero-order valence-corrected chi connectivity index (χ0v) is 14.6. The number of carbonyl (C=O) groups is 1. The predicted octanol–water partition coefficient (Wildman–Crippen LogP) is 5.12. The Morgan fingerprint density at radius 3 is 2.81 bits per heavy atom. The predicted molar refractivity (Wildman–Crippen MR) is 95.7 cm³/mol. The van der Waals surface area contributed by atoms with Gasteiger partial charge < -0.3 is 5.32 Å². The molecule has 0 bridgehead atoms. The molecule has 3 rings (SSSR count). The van der Waals surface area contributed by atoms with Crippen LogP contribution in [0, 0.1) is 5.92 Å². The molecule has 2 aromatic rings. The van der Waals surface area contributed by atoms with Crippen LogP contribution >= 0.6 is 0 Å². The smallest absolute Gasteiger partial charge is 0.352 e. The standard InChI is InChI=1S/C20H21F3N2O/c1-2-10-24-19(26)15-11-14-4-3-5-17(18(14)25-12-15)13-6-8-16(9-7-13)20(21,22)23/h3-6,11-12,16H,2,7-10H2,1H3,(H,24,26). The number of benzene rings is 1. The van der Waals surface area contributed by atoms with E-state index in [9.17, 15) is 18.0 Å². The highest BCUT2D eigenvalue weighted by molar-refractivity contribution is 5.99. The molecule has 0 fully saturated rings. The topological polar surface area (TPSA) is 42.0 Å². The largest absolute Gasteiger partial charge is 0.392 e. The maximum absolute atomic E-state index is 12.9. The lowest BCUT2D eigenvalue weighted by molar-refractivity contribution is -0.175. The van der Waals surface area contributed by atoms with E-state index in [1.54, 1.807) is 12.1 Å². The van der Waals surface area contributed by atoms with E-state index in [1.807, 2.05) is 25.1 Å². The van der Waals surface area contributed by atoms with Crippen molar-refractivity contribution in [3.05, 3.63) is 47.7 Å². The zero-order valence-electron chi connectivity index (χ0n) is 14.6. The number of hydrogen-bond acceptors (Lipinski definition) is 2. The molecule has 1 aromatic carbocycles. The molecule has 1 aliphatic rings. The van der Waals surface area contributed by atoms with Gasteiger partial charge in [-0.2, -0.15) is 13.2 Å². The maximum Gasteiger partial charge on any atom is 0.392 e. The van der Waals surface area contributed by atoms with Crippen LogP contribution in [0.4, 0.5) is 13.2 Å². The number of amides is 1. The molecule has 1 aromatic heterocycles. The minimum atomic E-state index is -4.14. The fraction of sp³-hybridized carbons (Fsp3) is 0.400. The number of para-hydroxylation sites is 1. The van der Waals surface area contributed by atoms with Crippen LogP contribution in [-0.4, -0.2) is 23.6 Å². The van der Waals surface area contributed by atoms with Gasteiger partial charge in [-0.05, 0) is 37.3 Å². The molecule has 0 saturated heterocycles. The lowest BCUT2D eigenvalue weighted by Crippen LogP contribution is -2.24. The lowest BCUT2D eigenvalue weighted by Gasteiger charge is -2.24. The molecule has 3 nitrogen and oxygen atoms in total. The monoisotopic (exact) mass is 362 g/mol. The van der Waals surface area contributed by atoms with E-state index in [2.05, 4.69) is 10.3 Å². The van der Waals surface area contributed by atoms with Crippen molar-refractivity contribution in [1.82, 2.24) is 10.3 Å². The van der Waals surface area contributed by atoms with Crippen molar-refractivity contribution in [2.75, 3.05) is 6.54 Å². The molecule has 1 aliphatic carbocycles. The molecule has 1 N–H and O–H groups in total. The molecule has 138 valence electrons. The lowest BCUT2D eigenvalue weighted by atomic mass is 9.85. The first-order chi connectivity index (χ1) is 12.4. The molecule has 6 heteroatoms. The number of allylic oxidation sites excluding steroid dienone is 2. The zero-order chi connectivity index (χ0) is 18.7. The SMILES string of the molecule is CCCNC(=O)c1cnc2c(C3=CCC(C(F)(F)F)CC3)cccc2c1. The Balaban J connectivity index is 1.89. The first kappa shape index (κ1) is 18.4. The first-order valence-electron chi connectivity index (χ1n) is 8.83. The van der Waals surface area contributed by atoms with Crippen LogP contribution in [0.1, 0.15) is 48.5 Å². The fourth-order valence-corrected chi connectivity index (χ4v) is 3.26. The van der Waals surface area contributed by atoms with Crippen molar-refractivity contribution in [3.63, 3.8) is 0 Å². The summed E-state index contributed by atoms with van der Waals surface area (Å²) >= 11 is 0. The Morgan fingerprint density at radius 2 is 2.15 bits per heavy atom. The second kappa shape index (κ2) is 7.48. The Hall–Kier alpha value is -2.37. The quantitative estimate of drug-likeness (QED) is 0.820. The van der Waals surface area contributed by atoms with Crippen LogP contribution in [0.2, 0.25) is 0 Å². The Kier molecular flexibility index (Phi) is 5.30. The van der Waals surface area contributed by atoms with Gasteiger partial charge in [0.25, 0.3) is 5.91 Å². The van der Waals surface area contributed by atoms with Crippen molar-refractivity contribution in [1.29, 1.82) is 0 Å². The molecule has 0 radical (unpaired) electrons. The third-order valence-electron chi connectivity index (χ3n) is 4.73. The summed E-state index contributed by atoms with van der Waals surface area (Å²) in [5, 5.41) is 3.62. The van der Waals surface area contributed by atoms with Crippen LogP contribution in [0.25, 0.3) is 16.5 Å². The van der Waals surface area contributed by atoms with Crippen molar-refractivity contribution < 1.29 is 18.0 Å². The normalized spacial score (nSPS) is 17.8. The van der Waals surface area contributed by atoms with E-state index in [-0.39, 0.29) is 18.7 Å². The summed E-state index contributed by atoms with van der Waals surface area (Å²) in [6.07, 6.45) is 0.405. The molecular weight excluding hydrogens is 341 g/mol. The van der Waals surface area contributed by atoms with Gasteiger partial charge in [-0.25, -0.2) is 0 Å². The van der Waals surface area contributed by atoms with Crippen molar-refractivity contribution in [2.45, 2.75) is 38.8 Å². The molecular formula is C20H21F3N2O. The summed E-state index contributed by atoms with van der Waals surface area (Å²) in [7, 11) is 0. The van der Waals surface area contributed by atoms with E-state index in [1.165, 1.54) is 6.20 Å². The molecule has 0 saturated carbocycles. The number of nitrogens with one attached hydrogen (secondary N) is 1. The Morgan fingerprint density at radius 1 is 1.35 bits per heavy atom. The van der Waals surface area contributed by atoms with E-state index in [0.717, 1.165) is 28.5 Å². The van der Waals surface area contributed by atoms with Crippen LogP contribution in [-0.2, 0) is 0 Å². The maximum atomic E-state index is 12.9. The summed E-state index contributed by atoms with van der Waals surface area (Å²) < 4.78 is 38.6. The molecule has 1 heterocycles. The minimum Gasteiger partial charge on any atom is -0.352 e. The number of rotatable bonds is 4. The highest BCUT2D eigenvalue weighted by Gasteiger charge is 2.39. The van der Waals surface area contributed by atoms with E-state index in [4.69, 9.17) is 0 Å². The molecule has 26 heavy (non-hydrogen) atoms. The molecule has 0 spiro atoms. The number of hydrogen-bond donors (Lipinski definition) is 1. The van der Waals surface area contributed by atoms with Gasteiger partial charge in [-0.3, -0.25) is 9.78 Å². The number of carbonyl (C=O) groups excluding carboxylic acids is 1. The van der Waals surface area contributed by atoms with E-state index >= 15 is 0 Å². The Bertz CT molecular complexity index is 843. The van der Waals surface area contributed by atoms with Gasteiger partial charge >= 0.3 is 6.18 Å². The van der Waals surface area contributed by atoms with Crippen LogP contribution in [0.3, 0.4) is 0 Å². The summed E-state index contributed by atoms with van der Waals surface area (Å²) in [4.78, 5) is 16.5. The second-order valence-electron chi connectivity index (χ2n) is 6.60. The number of pyridine rings is 1. The number of fused-ring (bicyclic) bond motifs is 1. The van der Waals surface area contributed by atoms with Gasteiger partial charge in [0.05, 0.1) is 17.0 Å². The minimum absolute atomic E-state index is 0.00667. The van der Waals surface area contributed by atoms with Crippen molar-refractivity contribution in [3.8, 4) is 0 Å². The van der Waals surface area contributed by atoms with Crippen LogP contribution < -0.4 is 5.32 Å². The Labute approximate surface area is 150 Å². The third kappa shape index (κ3) is 3.89. The van der Waals surface area contributed by atoms with E-state index in [0.29, 0.717) is 18.5 Å². The van der Waals surface area contributed by atoms with Crippen molar-refractivity contribution in [2.24, 2.45) is 5.92 Å². The average molecular weight is 362 g/mol. The summed E-state index contributed by atoms with van der Waals surface area (Å²) in [5.74, 6) is -1.43. The molecule has 1 amide bonds. The first-order valence-corrected chi connectivity index (χ1v) is 8.83. The second-order valence-corrected chi connectivity index (χ2v) is 6.60. The number of halogens is 3. The molecule has 0 aliphatic heterocycles. The highest BCUT2D eigenvalue weighted by Crippen LogP contribution is 2.40. The van der Waals surface area contributed by atoms with Gasteiger partial charge in [0.15, 0.2) is 0 Å². The summed E-state index contributed by atoms with van der Waals surface area (Å²) in [6, 6.07) is 7.37. The third-order valence-corrected chi connectivity index (χ3v) is 4.73. The summed E-state index contributed by atoms with van der Waals surface area (Å²) in [6.45, 7) is 2.58. The molecule has 1 unspecified atom stereocenters. The summed E-state index contributed by atoms with van der Waals surface area (Å²) in [5.41, 5.74) is 2.95. The van der Waals surface area contributed by atoms with Gasteiger partial charge in [0, 0.05) is 23.7 Å². The van der Waals surface area contributed by atoms with E-state index < -0.39 is 12.1 Å². The van der Waals surface area contributed by atoms with Crippen LogP contribution in [0.15, 0.2) is 36.5 Å². The van der Waals surface area contributed by atoms with Gasteiger partial charge in [-0.1, -0.05) is 31.2 Å². The highest BCUT2D eigenvalue weighted by atomic mass is 19.4.